The Bertz CT molecular complexity index is 450. The van der Waals surface area contributed by atoms with Gasteiger partial charge in [0.2, 0.25) is 5.91 Å². The van der Waals surface area contributed by atoms with Gasteiger partial charge in [0.05, 0.1) is 18.2 Å². The van der Waals surface area contributed by atoms with Gasteiger partial charge >= 0.3 is 5.97 Å². The highest BCUT2D eigenvalue weighted by Gasteiger charge is 2.17. The van der Waals surface area contributed by atoms with Crippen molar-refractivity contribution in [3.8, 4) is 0 Å². The van der Waals surface area contributed by atoms with E-state index in [1.165, 1.54) is 11.8 Å². The minimum atomic E-state index is -0.952. The average molecular weight is 316 g/mol. The van der Waals surface area contributed by atoms with Gasteiger partial charge in [0.1, 0.15) is 0 Å². The molecule has 1 rings (SSSR count). The summed E-state index contributed by atoms with van der Waals surface area (Å²) in [6.45, 7) is 2.05. The molecule has 0 fully saturated rings. The van der Waals surface area contributed by atoms with Crippen LogP contribution in [0.3, 0.4) is 0 Å². The molecule has 1 aromatic rings. The SMILES string of the molecule is CCCSCC(=O)N[C@@H](CC(=O)O)c1ccc(Cl)cc1. The molecule has 0 aromatic heterocycles. The average Bonchev–Trinajstić information content (AvgIpc) is 2.38. The molecule has 1 amide bonds. The number of amides is 1. The molecule has 0 saturated carbocycles. The Hall–Kier alpha value is -1.20. The lowest BCUT2D eigenvalue weighted by molar-refractivity contribution is -0.137. The van der Waals surface area contributed by atoms with E-state index >= 15 is 0 Å². The van der Waals surface area contributed by atoms with E-state index in [0.717, 1.165) is 17.7 Å². The van der Waals surface area contributed by atoms with Crippen molar-refractivity contribution < 1.29 is 14.7 Å². The lowest BCUT2D eigenvalue weighted by Crippen LogP contribution is -2.31. The summed E-state index contributed by atoms with van der Waals surface area (Å²) < 4.78 is 0. The van der Waals surface area contributed by atoms with E-state index in [1.807, 2.05) is 6.92 Å². The Morgan fingerprint density at radius 2 is 2.00 bits per heavy atom. The van der Waals surface area contributed by atoms with Gasteiger partial charge in [0.25, 0.3) is 0 Å². The number of thioether (sulfide) groups is 1. The van der Waals surface area contributed by atoms with Gasteiger partial charge in [-0.25, -0.2) is 0 Å². The number of carbonyl (C=O) groups is 2. The summed E-state index contributed by atoms with van der Waals surface area (Å²) in [6.07, 6.45) is 0.861. The van der Waals surface area contributed by atoms with Gasteiger partial charge in [0.15, 0.2) is 0 Å². The second kappa shape index (κ2) is 8.87. The van der Waals surface area contributed by atoms with Crippen LogP contribution in [0.25, 0.3) is 0 Å². The first-order valence-corrected chi connectivity index (χ1v) is 7.90. The van der Waals surface area contributed by atoms with Crippen LogP contribution in [0, 0.1) is 0 Å². The first kappa shape index (κ1) is 16.9. The molecular weight excluding hydrogens is 298 g/mol. The number of aliphatic carboxylic acids is 1. The number of nitrogens with one attached hydrogen (secondary N) is 1. The van der Waals surface area contributed by atoms with Gasteiger partial charge in [-0.15, -0.1) is 0 Å². The molecule has 1 atom stereocenters. The second-order valence-electron chi connectivity index (χ2n) is 4.32. The summed E-state index contributed by atoms with van der Waals surface area (Å²) in [7, 11) is 0. The third kappa shape index (κ3) is 6.30. The first-order valence-electron chi connectivity index (χ1n) is 6.37. The molecule has 20 heavy (non-hydrogen) atoms. The third-order valence-corrected chi connectivity index (χ3v) is 3.98. The Kier molecular flexibility index (Phi) is 7.47. The van der Waals surface area contributed by atoms with E-state index in [4.69, 9.17) is 16.7 Å². The zero-order valence-corrected chi connectivity index (χ0v) is 12.8. The fourth-order valence-electron chi connectivity index (χ4n) is 1.67. The molecule has 1 aromatic carbocycles. The Labute approximate surface area is 127 Å². The quantitative estimate of drug-likeness (QED) is 0.723. The van der Waals surface area contributed by atoms with Crippen molar-refractivity contribution in [1.82, 2.24) is 5.32 Å². The zero-order chi connectivity index (χ0) is 15.0. The van der Waals surface area contributed by atoms with Crippen molar-refractivity contribution in [2.45, 2.75) is 25.8 Å². The lowest BCUT2D eigenvalue weighted by Gasteiger charge is -2.17. The van der Waals surface area contributed by atoms with E-state index in [-0.39, 0.29) is 12.3 Å². The standard InChI is InChI=1S/C14H18ClNO3S/c1-2-7-20-9-13(17)16-12(8-14(18)19)10-3-5-11(15)6-4-10/h3-6,12H,2,7-9H2,1H3,(H,16,17)(H,18,19)/t12-/m0/s1. The van der Waals surface area contributed by atoms with Gasteiger partial charge in [-0.1, -0.05) is 30.7 Å². The minimum Gasteiger partial charge on any atom is -0.481 e. The van der Waals surface area contributed by atoms with Crippen molar-refractivity contribution in [3.05, 3.63) is 34.9 Å². The highest BCUT2D eigenvalue weighted by Crippen LogP contribution is 2.19. The number of rotatable bonds is 8. The highest BCUT2D eigenvalue weighted by atomic mass is 35.5. The van der Waals surface area contributed by atoms with E-state index in [2.05, 4.69) is 5.32 Å². The summed E-state index contributed by atoms with van der Waals surface area (Å²) in [5.41, 5.74) is 0.741. The molecule has 0 aliphatic carbocycles. The lowest BCUT2D eigenvalue weighted by atomic mass is 10.0. The van der Waals surface area contributed by atoms with Gasteiger partial charge in [-0.05, 0) is 29.9 Å². The van der Waals surface area contributed by atoms with Crippen LogP contribution >= 0.6 is 23.4 Å². The second-order valence-corrected chi connectivity index (χ2v) is 5.86. The van der Waals surface area contributed by atoms with Crippen molar-refractivity contribution in [2.75, 3.05) is 11.5 Å². The maximum atomic E-state index is 11.8. The van der Waals surface area contributed by atoms with Crippen molar-refractivity contribution >= 4 is 35.2 Å². The molecule has 0 aliphatic rings. The van der Waals surface area contributed by atoms with Crippen LogP contribution in [0.4, 0.5) is 0 Å². The largest absolute Gasteiger partial charge is 0.481 e. The fourth-order valence-corrected chi connectivity index (χ4v) is 2.49. The van der Waals surface area contributed by atoms with E-state index in [9.17, 15) is 9.59 Å². The fraction of sp³-hybridized carbons (Fsp3) is 0.429. The molecule has 4 nitrogen and oxygen atoms in total. The smallest absolute Gasteiger partial charge is 0.305 e. The zero-order valence-electron chi connectivity index (χ0n) is 11.3. The van der Waals surface area contributed by atoms with Crippen LogP contribution in [-0.2, 0) is 9.59 Å². The first-order chi connectivity index (χ1) is 9.52. The van der Waals surface area contributed by atoms with Crippen molar-refractivity contribution in [1.29, 1.82) is 0 Å². The van der Waals surface area contributed by atoms with E-state index in [1.54, 1.807) is 24.3 Å². The van der Waals surface area contributed by atoms with Gasteiger partial charge in [-0.3, -0.25) is 9.59 Å². The number of hydrogen-bond donors (Lipinski definition) is 2. The number of benzene rings is 1. The maximum absolute atomic E-state index is 11.8. The summed E-state index contributed by atoms with van der Waals surface area (Å²) in [4.78, 5) is 22.7. The monoisotopic (exact) mass is 315 g/mol. The predicted molar refractivity (Wildman–Crippen MR) is 82.2 cm³/mol. The molecule has 110 valence electrons. The van der Waals surface area contributed by atoms with Crippen LogP contribution < -0.4 is 5.32 Å². The molecule has 6 heteroatoms. The van der Waals surface area contributed by atoms with Crippen molar-refractivity contribution in [3.63, 3.8) is 0 Å². The third-order valence-electron chi connectivity index (χ3n) is 2.57. The van der Waals surface area contributed by atoms with Gasteiger partial charge < -0.3 is 10.4 Å². The Morgan fingerprint density at radius 1 is 1.35 bits per heavy atom. The van der Waals surface area contributed by atoms with Crippen LogP contribution in [0.2, 0.25) is 5.02 Å². The topological polar surface area (TPSA) is 66.4 Å². The van der Waals surface area contributed by atoms with Crippen LogP contribution in [0.15, 0.2) is 24.3 Å². The van der Waals surface area contributed by atoms with Crippen LogP contribution in [-0.4, -0.2) is 28.5 Å². The molecule has 0 spiro atoms. The molecule has 0 heterocycles. The number of carboxylic acids is 1. The molecule has 0 bridgehead atoms. The number of hydrogen-bond acceptors (Lipinski definition) is 3. The number of halogens is 1. The Balaban J connectivity index is 2.67. The maximum Gasteiger partial charge on any atom is 0.305 e. The van der Waals surface area contributed by atoms with Gasteiger partial charge in [-0.2, -0.15) is 11.8 Å². The normalized spacial score (nSPS) is 11.9. The summed E-state index contributed by atoms with van der Waals surface area (Å²) in [6, 6.07) is 6.30. The predicted octanol–water partition coefficient (Wildman–Crippen LogP) is 3.12. The summed E-state index contributed by atoms with van der Waals surface area (Å²) >= 11 is 7.34. The summed E-state index contributed by atoms with van der Waals surface area (Å²) in [5, 5.41) is 12.3. The van der Waals surface area contributed by atoms with Gasteiger partial charge in [0, 0.05) is 5.02 Å². The summed E-state index contributed by atoms with van der Waals surface area (Å²) in [5.74, 6) is 0.159. The molecule has 0 unspecified atom stereocenters. The minimum absolute atomic E-state index is 0.147. The van der Waals surface area contributed by atoms with Crippen molar-refractivity contribution in [2.24, 2.45) is 0 Å². The molecule has 2 N–H and O–H groups in total. The van der Waals surface area contributed by atoms with E-state index in [0.29, 0.717) is 10.8 Å². The molecular formula is C14H18ClNO3S. The molecule has 0 saturated heterocycles. The number of carboxylic acid groups (broad SMARTS) is 1. The molecule has 0 aliphatic heterocycles. The van der Waals surface area contributed by atoms with Crippen LogP contribution in [0.1, 0.15) is 31.4 Å². The Morgan fingerprint density at radius 3 is 2.55 bits per heavy atom. The number of carbonyl (C=O) groups excluding carboxylic acids is 1. The van der Waals surface area contributed by atoms with Crippen LogP contribution in [0.5, 0.6) is 0 Å². The van der Waals surface area contributed by atoms with E-state index < -0.39 is 12.0 Å². The molecule has 0 radical (unpaired) electrons. The highest BCUT2D eigenvalue weighted by molar-refractivity contribution is 7.99.